The Hall–Kier alpha value is -6.39. The van der Waals surface area contributed by atoms with Gasteiger partial charge in [0.2, 0.25) is 0 Å². The smallest absolute Gasteiger partial charge is 0.338 e. The van der Waals surface area contributed by atoms with Crippen LogP contribution in [0.2, 0.25) is 0 Å². The number of benzene rings is 7. The van der Waals surface area contributed by atoms with Crippen molar-refractivity contribution in [3.05, 3.63) is 215 Å². The summed E-state index contributed by atoms with van der Waals surface area (Å²) in [4.78, 5) is 17.6. The zero-order valence-corrected chi connectivity index (χ0v) is 33.2. The maximum Gasteiger partial charge on any atom is 0.338 e. The van der Waals surface area contributed by atoms with Crippen LogP contribution in [0.4, 0.5) is 34.1 Å². The minimum atomic E-state index is -0.333. The van der Waals surface area contributed by atoms with E-state index >= 15 is 0 Å². The molecule has 284 valence electrons. The summed E-state index contributed by atoms with van der Waals surface area (Å²) in [5, 5.41) is 0. The standard InChI is InChI=1S/C53H50N2O2/c1-39-12-24-46(25-13-39)54(47-26-14-40(2)15-27-47)50-32-20-44(21-33-50)53(36-8-5-9-37-53)45-22-34-51(35-23-45)55(48-28-16-41(3)17-29-48)49-30-18-43(19-31-49)52(56)57-38-42-10-6-4-7-11-42/h4,6-7,10-35H,5,8-9,36-38H2,1-3H3. The van der Waals surface area contributed by atoms with Crippen LogP contribution in [0.15, 0.2) is 176 Å². The minimum Gasteiger partial charge on any atom is -0.457 e. The zero-order valence-electron chi connectivity index (χ0n) is 33.2. The SMILES string of the molecule is Cc1ccc(N(c2ccc(C)cc2)c2ccc(C3(c4ccc(N(c5ccc(C)cc5)c5ccc(C(=O)OCc6ccccc6)cc5)cc4)CCCCC3)cc2)cc1. The first-order valence-corrected chi connectivity index (χ1v) is 20.2. The van der Waals surface area contributed by atoms with E-state index in [1.54, 1.807) is 0 Å². The number of carbonyl (C=O) groups is 1. The van der Waals surface area contributed by atoms with Crippen LogP contribution in [0.1, 0.15) is 75.8 Å². The normalized spacial score (nSPS) is 13.5. The number of esters is 1. The molecule has 4 nitrogen and oxygen atoms in total. The third-order valence-electron chi connectivity index (χ3n) is 11.5. The van der Waals surface area contributed by atoms with Gasteiger partial charge in [0, 0.05) is 39.5 Å². The van der Waals surface area contributed by atoms with Crippen molar-refractivity contribution < 1.29 is 9.53 Å². The monoisotopic (exact) mass is 746 g/mol. The first-order valence-electron chi connectivity index (χ1n) is 20.2. The predicted octanol–water partition coefficient (Wildman–Crippen LogP) is 14.2. The average Bonchev–Trinajstić information content (AvgIpc) is 3.26. The third-order valence-corrected chi connectivity index (χ3v) is 11.5. The Morgan fingerprint density at radius 2 is 0.807 bits per heavy atom. The van der Waals surface area contributed by atoms with Gasteiger partial charge in [-0.1, -0.05) is 127 Å². The molecule has 0 N–H and O–H groups in total. The molecule has 8 rings (SSSR count). The van der Waals surface area contributed by atoms with Gasteiger partial charge in [-0.2, -0.15) is 0 Å². The molecule has 0 heterocycles. The van der Waals surface area contributed by atoms with Gasteiger partial charge in [-0.25, -0.2) is 4.79 Å². The topological polar surface area (TPSA) is 32.8 Å². The molecule has 0 atom stereocenters. The molecule has 7 aromatic rings. The molecule has 0 unspecified atom stereocenters. The Bertz CT molecular complexity index is 2330. The number of rotatable bonds is 11. The number of hydrogen-bond acceptors (Lipinski definition) is 4. The molecule has 1 saturated carbocycles. The highest BCUT2D eigenvalue weighted by Crippen LogP contribution is 2.47. The summed E-state index contributed by atoms with van der Waals surface area (Å²) < 4.78 is 5.63. The quantitative estimate of drug-likeness (QED) is 0.123. The number of ether oxygens (including phenoxy) is 1. The van der Waals surface area contributed by atoms with E-state index in [4.69, 9.17) is 4.74 Å². The van der Waals surface area contributed by atoms with E-state index in [-0.39, 0.29) is 18.0 Å². The second-order valence-corrected chi connectivity index (χ2v) is 15.5. The number of nitrogens with zero attached hydrogens (tertiary/aromatic N) is 2. The molecule has 0 radical (unpaired) electrons. The Morgan fingerprint density at radius 1 is 0.456 bits per heavy atom. The van der Waals surface area contributed by atoms with Gasteiger partial charge in [-0.15, -0.1) is 0 Å². The summed E-state index contributed by atoms with van der Waals surface area (Å²) in [5.74, 6) is -0.333. The molecule has 4 heteroatoms. The van der Waals surface area contributed by atoms with Crippen LogP contribution in [0.25, 0.3) is 0 Å². The van der Waals surface area contributed by atoms with E-state index in [2.05, 4.69) is 152 Å². The fourth-order valence-electron chi connectivity index (χ4n) is 8.29. The van der Waals surface area contributed by atoms with Crippen LogP contribution < -0.4 is 9.80 Å². The van der Waals surface area contributed by atoms with Gasteiger partial charge in [0.1, 0.15) is 6.61 Å². The van der Waals surface area contributed by atoms with Gasteiger partial charge >= 0.3 is 5.97 Å². The lowest BCUT2D eigenvalue weighted by molar-refractivity contribution is 0.0472. The highest BCUT2D eigenvalue weighted by atomic mass is 16.5. The van der Waals surface area contributed by atoms with Crippen molar-refractivity contribution in [2.45, 2.75) is 64.9 Å². The predicted molar refractivity (Wildman–Crippen MR) is 236 cm³/mol. The average molecular weight is 747 g/mol. The number of hydrogen-bond donors (Lipinski definition) is 0. The molecule has 1 fully saturated rings. The van der Waals surface area contributed by atoms with Crippen LogP contribution in [-0.2, 0) is 16.8 Å². The molecular weight excluding hydrogens is 697 g/mol. The second-order valence-electron chi connectivity index (χ2n) is 15.5. The second kappa shape index (κ2) is 16.8. The number of anilines is 6. The molecule has 0 bridgehead atoms. The summed E-state index contributed by atoms with van der Waals surface area (Å²) >= 11 is 0. The van der Waals surface area contributed by atoms with Gasteiger partial charge in [-0.3, -0.25) is 0 Å². The zero-order chi connectivity index (χ0) is 39.2. The fraction of sp³-hybridized carbons (Fsp3) is 0.189. The molecular formula is C53H50N2O2. The molecule has 0 amide bonds. The van der Waals surface area contributed by atoms with Crippen LogP contribution in [0, 0.1) is 20.8 Å². The summed E-state index contributed by atoms with van der Waals surface area (Å²) in [7, 11) is 0. The Kier molecular flexibility index (Phi) is 11.0. The van der Waals surface area contributed by atoms with Gasteiger partial charge in [0.05, 0.1) is 5.56 Å². The van der Waals surface area contributed by atoms with E-state index < -0.39 is 0 Å². The molecule has 1 aliphatic rings. The molecule has 57 heavy (non-hydrogen) atoms. The Morgan fingerprint density at radius 3 is 1.19 bits per heavy atom. The number of carbonyl (C=O) groups excluding carboxylic acids is 1. The van der Waals surface area contributed by atoms with Crippen LogP contribution in [0.5, 0.6) is 0 Å². The van der Waals surface area contributed by atoms with Crippen molar-refractivity contribution in [3.8, 4) is 0 Å². The van der Waals surface area contributed by atoms with E-state index in [0.29, 0.717) is 5.56 Å². The van der Waals surface area contributed by atoms with Crippen molar-refractivity contribution in [3.63, 3.8) is 0 Å². The maximum absolute atomic E-state index is 13.0. The minimum absolute atomic E-state index is 0.0652. The highest BCUT2D eigenvalue weighted by molar-refractivity contribution is 5.90. The summed E-state index contributed by atoms with van der Waals surface area (Å²) in [6, 6.07) is 62.3. The third kappa shape index (κ3) is 8.27. The first kappa shape index (κ1) is 37.5. The molecule has 0 aromatic heterocycles. The van der Waals surface area contributed by atoms with Crippen LogP contribution >= 0.6 is 0 Å². The number of aryl methyl sites for hydroxylation is 3. The molecule has 0 saturated heterocycles. The van der Waals surface area contributed by atoms with Gasteiger partial charge < -0.3 is 14.5 Å². The van der Waals surface area contributed by atoms with Crippen molar-refractivity contribution >= 4 is 40.1 Å². The van der Waals surface area contributed by atoms with E-state index in [1.165, 1.54) is 47.1 Å². The lowest BCUT2D eigenvalue weighted by Crippen LogP contribution is -2.30. The van der Waals surface area contributed by atoms with Crippen LogP contribution in [0.3, 0.4) is 0 Å². The van der Waals surface area contributed by atoms with Gasteiger partial charge in [-0.05, 0) is 135 Å². The summed E-state index contributed by atoms with van der Waals surface area (Å²) in [6.45, 7) is 6.62. The van der Waals surface area contributed by atoms with Crippen molar-refractivity contribution in [1.82, 2.24) is 0 Å². The van der Waals surface area contributed by atoms with Gasteiger partial charge in [0.25, 0.3) is 0 Å². The summed E-state index contributed by atoms with van der Waals surface area (Å²) in [5.41, 5.74) is 14.4. The van der Waals surface area contributed by atoms with E-state index in [0.717, 1.165) is 52.5 Å². The van der Waals surface area contributed by atoms with Crippen molar-refractivity contribution in [2.24, 2.45) is 0 Å². The molecule has 1 aliphatic carbocycles. The van der Waals surface area contributed by atoms with Crippen LogP contribution in [-0.4, -0.2) is 5.97 Å². The first-order chi connectivity index (χ1) is 27.9. The molecule has 0 spiro atoms. The van der Waals surface area contributed by atoms with Crippen molar-refractivity contribution in [2.75, 3.05) is 9.80 Å². The van der Waals surface area contributed by atoms with Gasteiger partial charge in [0.15, 0.2) is 0 Å². The Labute approximate surface area is 338 Å². The van der Waals surface area contributed by atoms with E-state index in [1.807, 2.05) is 54.6 Å². The fourth-order valence-corrected chi connectivity index (χ4v) is 8.29. The lowest BCUT2D eigenvalue weighted by atomic mass is 9.65. The largest absolute Gasteiger partial charge is 0.457 e. The molecule has 0 aliphatic heterocycles. The van der Waals surface area contributed by atoms with E-state index in [9.17, 15) is 4.79 Å². The van der Waals surface area contributed by atoms with Crippen molar-refractivity contribution in [1.29, 1.82) is 0 Å². The molecule has 7 aromatic carbocycles. The summed E-state index contributed by atoms with van der Waals surface area (Å²) in [6.07, 6.45) is 5.92. The lowest BCUT2D eigenvalue weighted by Gasteiger charge is -2.39. The highest BCUT2D eigenvalue weighted by Gasteiger charge is 2.36. The Balaban J connectivity index is 1.09. The maximum atomic E-state index is 13.0.